The maximum Gasteiger partial charge on any atom is 0.321 e. The lowest BCUT2D eigenvalue weighted by atomic mass is 10.1. The first-order valence-corrected chi connectivity index (χ1v) is 7.45. The molecular weight excluding hydrogens is 266 g/mol. The van der Waals surface area contributed by atoms with Crippen LogP contribution in [0.25, 0.3) is 0 Å². The van der Waals surface area contributed by atoms with Crippen molar-refractivity contribution in [2.45, 2.75) is 33.6 Å². The van der Waals surface area contributed by atoms with Crippen LogP contribution >= 0.6 is 0 Å². The van der Waals surface area contributed by atoms with Crippen LogP contribution < -0.4 is 10.6 Å². The van der Waals surface area contributed by atoms with Crippen molar-refractivity contribution in [2.24, 2.45) is 5.92 Å². The second-order valence-electron chi connectivity index (χ2n) is 5.80. The SMILES string of the molecule is Cc1ccc(NC(=O)C(C)C)cc1NC(=O)N1CCCC1. The highest BCUT2D eigenvalue weighted by Crippen LogP contribution is 2.22. The molecule has 0 aliphatic carbocycles. The first-order valence-electron chi connectivity index (χ1n) is 7.45. The van der Waals surface area contributed by atoms with E-state index in [4.69, 9.17) is 0 Å². The molecule has 114 valence electrons. The van der Waals surface area contributed by atoms with E-state index in [9.17, 15) is 9.59 Å². The van der Waals surface area contributed by atoms with Crippen molar-refractivity contribution in [3.63, 3.8) is 0 Å². The Bertz CT molecular complexity index is 534. The van der Waals surface area contributed by atoms with Crippen LogP contribution in [0.1, 0.15) is 32.3 Å². The second kappa shape index (κ2) is 6.61. The highest BCUT2D eigenvalue weighted by atomic mass is 16.2. The van der Waals surface area contributed by atoms with Crippen molar-refractivity contribution in [2.75, 3.05) is 23.7 Å². The third-order valence-corrected chi connectivity index (χ3v) is 3.66. The van der Waals surface area contributed by atoms with Gasteiger partial charge >= 0.3 is 6.03 Å². The number of hydrogen-bond acceptors (Lipinski definition) is 2. The van der Waals surface area contributed by atoms with E-state index in [1.807, 2.05) is 43.9 Å². The van der Waals surface area contributed by atoms with Gasteiger partial charge in [-0.25, -0.2) is 4.79 Å². The van der Waals surface area contributed by atoms with Gasteiger partial charge in [0.15, 0.2) is 0 Å². The molecule has 0 unspecified atom stereocenters. The first-order chi connectivity index (χ1) is 9.97. The number of nitrogens with zero attached hydrogens (tertiary/aromatic N) is 1. The molecule has 0 atom stereocenters. The van der Waals surface area contributed by atoms with Gasteiger partial charge in [0, 0.05) is 30.4 Å². The average molecular weight is 289 g/mol. The van der Waals surface area contributed by atoms with Crippen LogP contribution in [0.4, 0.5) is 16.2 Å². The number of benzene rings is 1. The van der Waals surface area contributed by atoms with Crippen LogP contribution in [0.2, 0.25) is 0 Å². The van der Waals surface area contributed by atoms with Crippen molar-refractivity contribution in [3.05, 3.63) is 23.8 Å². The van der Waals surface area contributed by atoms with Gasteiger partial charge in [0.05, 0.1) is 0 Å². The predicted molar refractivity (Wildman–Crippen MR) is 84.5 cm³/mol. The van der Waals surface area contributed by atoms with Crippen LogP contribution in [-0.4, -0.2) is 29.9 Å². The Morgan fingerprint density at radius 1 is 1.14 bits per heavy atom. The van der Waals surface area contributed by atoms with Crippen molar-refractivity contribution < 1.29 is 9.59 Å². The summed E-state index contributed by atoms with van der Waals surface area (Å²) in [4.78, 5) is 25.7. The van der Waals surface area contributed by atoms with E-state index >= 15 is 0 Å². The minimum Gasteiger partial charge on any atom is -0.326 e. The molecule has 0 saturated carbocycles. The number of rotatable bonds is 3. The molecule has 3 amide bonds. The fourth-order valence-electron chi connectivity index (χ4n) is 2.24. The summed E-state index contributed by atoms with van der Waals surface area (Å²) in [6.45, 7) is 7.26. The zero-order valence-electron chi connectivity index (χ0n) is 12.9. The van der Waals surface area contributed by atoms with Crippen molar-refractivity contribution in [3.8, 4) is 0 Å². The van der Waals surface area contributed by atoms with Gasteiger partial charge in [-0.2, -0.15) is 0 Å². The molecule has 0 radical (unpaired) electrons. The molecule has 1 aliphatic rings. The molecule has 2 rings (SSSR count). The fraction of sp³-hybridized carbons (Fsp3) is 0.500. The maximum absolute atomic E-state index is 12.1. The summed E-state index contributed by atoms with van der Waals surface area (Å²) in [6, 6.07) is 5.49. The Morgan fingerprint density at radius 2 is 1.81 bits per heavy atom. The number of carbonyl (C=O) groups excluding carboxylic acids is 2. The summed E-state index contributed by atoms with van der Waals surface area (Å²) in [5.74, 6) is -0.107. The number of likely N-dealkylation sites (tertiary alicyclic amines) is 1. The number of amides is 3. The Kier molecular flexibility index (Phi) is 4.83. The van der Waals surface area contributed by atoms with Gasteiger partial charge < -0.3 is 15.5 Å². The van der Waals surface area contributed by atoms with E-state index in [2.05, 4.69) is 10.6 Å². The average Bonchev–Trinajstić information content (AvgIpc) is 2.96. The van der Waals surface area contributed by atoms with E-state index in [1.54, 1.807) is 0 Å². The molecule has 1 aliphatic heterocycles. The molecule has 0 bridgehead atoms. The van der Waals surface area contributed by atoms with E-state index in [1.165, 1.54) is 0 Å². The third kappa shape index (κ3) is 3.97. The molecule has 2 N–H and O–H groups in total. The minimum atomic E-state index is -0.0751. The number of anilines is 2. The lowest BCUT2D eigenvalue weighted by Gasteiger charge is -2.18. The second-order valence-corrected chi connectivity index (χ2v) is 5.80. The van der Waals surface area contributed by atoms with Gasteiger partial charge in [-0.05, 0) is 37.5 Å². The molecule has 1 aromatic rings. The highest BCUT2D eigenvalue weighted by Gasteiger charge is 2.18. The standard InChI is InChI=1S/C16H23N3O2/c1-11(2)15(20)17-13-7-6-12(3)14(10-13)18-16(21)19-8-4-5-9-19/h6-7,10-11H,4-5,8-9H2,1-3H3,(H,17,20)(H,18,21). The molecule has 1 aromatic carbocycles. The van der Waals surface area contributed by atoms with Crippen LogP contribution in [0.3, 0.4) is 0 Å². The molecule has 5 heteroatoms. The molecule has 1 saturated heterocycles. The lowest BCUT2D eigenvalue weighted by molar-refractivity contribution is -0.118. The maximum atomic E-state index is 12.1. The van der Waals surface area contributed by atoms with Crippen LogP contribution in [0.15, 0.2) is 18.2 Å². The van der Waals surface area contributed by atoms with Gasteiger partial charge in [-0.3, -0.25) is 4.79 Å². The van der Waals surface area contributed by atoms with E-state index in [0.29, 0.717) is 5.69 Å². The van der Waals surface area contributed by atoms with Crippen LogP contribution in [0, 0.1) is 12.8 Å². The fourth-order valence-corrected chi connectivity index (χ4v) is 2.24. The zero-order valence-corrected chi connectivity index (χ0v) is 12.9. The van der Waals surface area contributed by atoms with Crippen LogP contribution in [0.5, 0.6) is 0 Å². The molecule has 0 spiro atoms. The summed E-state index contributed by atoms with van der Waals surface area (Å²) in [5.41, 5.74) is 2.43. The number of hydrogen-bond donors (Lipinski definition) is 2. The Balaban J connectivity index is 2.07. The largest absolute Gasteiger partial charge is 0.326 e. The monoisotopic (exact) mass is 289 g/mol. The molecule has 21 heavy (non-hydrogen) atoms. The number of aryl methyl sites for hydroxylation is 1. The summed E-state index contributed by atoms with van der Waals surface area (Å²) in [6.07, 6.45) is 2.13. The van der Waals surface area contributed by atoms with Crippen molar-refractivity contribution in [1.82, 2.24) is 4.90 Å². The van der Waals surface area contributed by atoms with E-state index in [-0.39, 0.29) is 17.9 Å². The molecule has 0 aromatic heterocycles. The smallest absolute Gasteiger partial charge is 0.321 e. The number of carbonyl (C=O) groups is 2. The Labute approximate surface area is 125 Å². The Hall–Kier alpha value is -2.04. The summed E-state index contributed by atoms with van der Waals surface area (Å²) in [5, 5.41) is 5.78. The summed E-state index contributed by atoms with van der Waals surface area (Å²) in [7, 11) is 0. The normalized spacial score (nSPS) is 14.4. The topological polar surface area (TPSA) is 61.4 Å². The molecule has 1 fully saturated rings. The minimum absolute atomic E-state index is 0.0318. The molecule has 5 nitrogen and oxygen atoms in total. The van der Waals surface area contributed by atoms with Crippen molar-refractivity contribution >= 4 is 23.3 Å². The van der Waals surface area contributed by atoms with Gasteiger partial charge in [0.25, 0.3) is 0 Å². The highest BCUT2D eigenvalue weighted by molar-refractivity contribution is 5.94. The molecule has 1 heterocycles. The quantitative estimate of drug-likeness (QED) is 0.897. The Morgan fingerprint density at radius 3 is 2.43 bits per heavy atom. The summed E-state index contributed by atoms with van der Waals surface area (Å²) >= 11 is 0. The van der Waals surface area contributed by atoms with Gasteiger partial charge in [0.2, 0.25) is 5.91 Å². The number of urea groups is 1. The number of nitrogens with one attached hydrogen (secondary N) is 2. The van der Waals surface area contributed by atoms with Gasteiger partial charge in [-0.15, -0.1) is 0 Å². The molecular formula is C16H23N3O2. The predicted octanol–water partition coefficient (Wildman–Crippen LogP) is 3.22. The van der Waals surface area contributed by atoms with Gasteiger partial charge in [-0.1, -0.05) is 19.9 Å². The van der Waals surface area contributed by atoms with Crippen LogP contribution in [-0.2, 0) is 4.79 Å². The summed E-state index contributed by atoms with van der Waals surface area (Å²) < 4.78 is 0. The third-order valence-electron chi connectivity index (χ3n) is 3.66. The van der Waals surface area contributed by atoms with Crippen molar-refractivity contribution in [1.29, 1.82) is 0 Å². The lowest BCUT2D eigenvalue weighted by Crippen LogP contribution is -2.32. The van der Waals surface area contributed by atoms with E-state index in [0.717, 1.165) is 37.2 Å². The first kappa shape index (κ1) is 15.4. The zero-order chi connectivity index (χ0) is 15.4. The van der Waals surface area contributed by atoms with Gasteiger partial charge in [0.1, 0.15) is 0 Å². The van der Waals surface area contributed by atoms with E-state index < -0.39 is 0 Å².